The minimum atomic E-state index is 0.237. The van der Waals surface area contributed by atoms with Crippen molar-refractivity contribution in [2.75, 3.05) is 26.8 Å². The summed E-state index contributed by atoms with van der Waals surface area (Å²) in [6, 6.07) is 0.387. The van der Waals surface area contributed by atoms with Gasteiger partial charge >= 0.3 is 0 Å². The molecule has 1 heterocycles. The molecule has 0 atom stereocenters. The molecule has 1 aliphatic heterocycles. The molecule has 2 fully saturated rings. The first-order valence-electron chi connectivity index (χ1n) is 7.27. The molecule has 0 bridgehead atoms. The molecular formula is C14H26N2O2. The Kier molecular flexibility index (Phi) is 5.01. The van der Waals surface area contributed by atoms with Crippen LogP contribution in [0.15, 0.2) is 0 Å². The van der Waals surface area contributed by atoms with Crippen LogP contribution in [0, 0.1) is 11.8 Å². The molecule has 0 radical (unpaired) electrons. The summed E-state index contributed by atoms with van der Waals surface area (Å²) < 4.78 is 5.35. The highest BCUT2D eigenvalue weighted by Crippen LogP contribution is 2.30. The largest absolute Gasteiger partial charge is 0.381 e. The highest BCUT2D eigenvalue weighted by molar-refractivity contribution is 5.79. The minimum Gasteiger partial charge on any atom is -0.381 e. The van der Waals surface area contributed by atoms with Crippen molar-refractivity contribution in [3.63, 3.8) is 0 Å². The molecule has 1 aliphatic carbocycles. The van der Waals surface area contributed by atoms with Crippen molar-refractivity contribution in [2.24, 2.45) is 17.6 Å². The molecule has 0 aromatic rings. The van der Waals surface area contributed by atoms with Crippen LogP contribution in [-0.2, 0) is 9.53 Å². The van der Waals surface area contributed by atoms with Crippen molar-refractivity contribution in [2.45, 2.75) is 44.6 Å². The molecule has 4 heteroatoms. The number of nitrogens with zero attached hydrogens (tertiary/aromatic N) is 1. The second kappa shape index (κ2) is 6.53. The predicted molar refractivity (Wildman–Crippen MR) is 71.1 cm³/mol. The lowest BCUT2D eigenvalue weighted by Gasteiger charge is -2.35. The molecule has 2 rings (SSSR count). The SMILES string of the molecule is CN(C(=O)C1CCC(CN)CC1)C1CCOCC1. The molecule has 18 heavy (non-hydrogen) atoms. The van der Waals surface area contributed by atoms with E-state index >= 15 is 0 Å². The third-order valence-corrected chi connectivity index (χ3v) is 4.62. The van der Waals surface area contributed by atoms with E-state index in [0.29, 0.717) is 17.9 Å². The summed E-state index contributed by atoms with van der Waals surface area (Å²) in [5, 5.41) is 0. The second-order valence-electron chi connectivity index (χ2n) is 5.75. The first-order valence-corrected chi connectivity index (χ1v) is 7.27. The number of hydrogen-bond acceptors (Lipinski definition) is 3. The topological polar surface area (TPSA) is 55.6 Å². The quantitative estimate of drug-likeness (QED) is 0.828. The van der Waals surface area contributed by atoms with Crippen LogP contribution in [0.3, 0.4) is 0 Å². The van der Waals surface area contributed by atoms with Crippen molar-refractivity contribution in [3.05, 3.63) is 0 Å². The zero-order chi connectivity index (χ0) is 13.0. The Morgan fingerprint density at radius 1 is 1.17 bits per heavy atom. The molecular weight excluding hydrogens is 228 g/mol. The number of amides is 1. The molecule has 0 unspecified atom stereocenters. The monoisotopic (exact) mass is 254 g/mol. The van der Waals surface area contributed by atoms with Gasteiger partial charge in [0.2, 0.25) is 5.91 Å². The minimum absolute atomic E-state index is 0.237. The van der Waals surface area contributed by atoms with Gasteiger partial charge in [0.25, 0.3) is 0 Å². The smallest absolute Gasteiger partial charge is 0.225 e. The molecule has 0 aromatic heterocycles. The molecule has 0 aromatic carbocycles. The van der Waals surface area contributed by atoms with Gasteiger partial charge in [-0.1, -0.05) is 0 Å². The van der Waals surface area contributed by atoms with Gasteiger partial charge in [0.1, 0.15) is 0 Å². The molecule has 4 nitrogen and oxygen atoms in total. The van der Waals surface area contributed by atoms with E-state index in [2.05, 4.69) is 0 Å². The molecule has 1 saturated carbocycles. The fraction of sp³-hybridized carbons (Fsp3) is 0.929. The number of carbonyl (C=O) groups excluding carboxylic acids is 1. The van der Waals surface area contributed by atoms with E-state index in [1.54, 1.807) is 0 Å². The van der Waals surface area contributed by atoms with E-state index in [9.17, 15) is 4.79 Å². The summed E-state index contributed by atoms with van der Waals surface area (Å²) in [5.41, 5.74) is 5.69. The third kappa shape index (κ3) is 3.23. The van der Waals surface area contributed by atoms with Crippen LogP contribution in [0.4, 0.5) is 0 Å². The maximum Gasteiger partial charge on any atom is 0.225 e. The van der Waals surface area contributed by atoms with E-state index in [0.717, 1.165) is 58.3 Å². The van der Waals surface area contributed by atoms with Crippen LogP contribution in [0.2, 0.25) is 0 Å². The van der Waals surface area contributed by atoms with Crippen molar-refractivity contribution in [1.29, 1.82) is 0 Å². The Morgan fingerprint density at radius 2 is 1.78 bits per heavy atom. The van der Waals surface area contributed by atoms with Crippen molar-refractivity contribution in [1.82, 2.24) is 4.90 Å². The number of carbonyl (C=O) groups is 1. The lowest BCUT2D eigenvalue weighted by molar-refractivity contribution is -0.139. The van der Waals surface area contributed by atoms with Gasteiger partial charge in [0, 0.05) is 32.2 Å². The van der Waals surface area contributed by atoms with E-state index in [4.69, 9.17) is 10.5 Å². The summed E-state index contributed by atoms with van der Waals surface area (Å²) >= 11 is 0. The van der Waals surface area contributed by atoms with E-state index in [1.165, 1.54) is 0 Å². The summed E-state index contributed by atoms with van der Waals surface area (Å²) in [5.74, 6) is 1.22. The number of ether oxygens (including phenoxy) is 1. The lowest BCUT2D eigenvalue weighted by atomic mass is 9.81. The zero-order valence-electron chi connectivity index (χ0n) is 11.4. The van der Waals surface area contributed by atoms with Crippen LogP contribution in [-0.4, -0.2) is 43.7 Å². The van der Waals surface area contributed by atoms with E-state index in [1.807, 2.05) is 11.9 Å². The van der Waals surface area contributed by atoms with Gasteiger partial charge in [-0.3, -0.25) is 4.79 Å². The maximum atomic E-state index is 12.4. The van der Waals surface area contributed by atoms with E-state index < -0.39 is 0 Å². The van der Waals surface area contributed by atoms with Gasteiger partial charge in [0.15, 0.2) is 0 Å². The normalized spacial score (nSPS) is 30.1. The van der Waals surface area contributed by atoms with Gasteiger partial charge in [-0.05, 0) is 51.0 Å². The van der Waals surface area contributed by atoms with Crippen LogP contribution in [0.25, 0.3) is 0 Å². The van der Waals surface area contributed by atoms with Gasteiger partial charge < -0.3 is 15.4 Å². The number of hydrogen-bond donors (Lipinski definition) is 1. The van der Waals surface area contributed by atoms with E-state index in [-0.39, 0.29) is 5.92 Å². The lowest BCUT2D eigenvalue weighted by Crippen LogP contribution is -2.44. The van der Waals surface area contributed by atoms with Crippen LogP contribution in [0.5, 0.6) is 0 Å². The second-order valence-corrected chi connectivity index (χ2v) is 5.75. The Balaban J connectivity index is 1.83. The molecule has 2 aliphatic rings. The highest BCUT2D eigenvalue weighted by atomic mass is 16.5. The Bertz CT molecular complexity index is 269. The standard InChI is InChI=1S/C14H26N2O2/c1-16(13-6-8-18-9-7-13)14(17)12-4-2-11(10-15)3-5-12/h11-13H,2-10,15H2,1H3. The molecule has 2 N–H and O–H groups in total. The van der Waals surface area contributed by atoms with Gasteiger partial charge in [-0.15, -0.1) is 0 Å². The van der Waals surface area contributed by atoms with Crippen LogP contribution < -0.4 is 5.73 Å². The Hall–Kier alpha value is -0.610. The Morgan fingerprint density at radius 3 is 2.33 bits per heavy atom. The average molecular weight is 254 g/mol. The predicted octanol–water partition coefficient (Wildman–Crippen LogP) is 1.39. The van der Waals surface area contributed by atoms with Crippen LogP contribution in [0.1, 0.15) is 38.5 Å². The van der Waals surface area contributed by atoms with Gasteiger partial charge in [-0.25, -0.2) is 0 Å². The van der Waals surface area contributed by atoms with Crippen molar-refractivity contribution < 1.29 is 9.53 Å². The maximum absolute atomic E-state index is 12.4. The molecule has 1 amide bonds. The fourth-order valence-corrected chi connectivity index (χ4v) is 3.19. The first-order chi connectivity index (χ1) is 8.72. The van der Waals surface area contributed by atoms with Gasteiger partial charge in [-0.2, -0.15) is 0 Å². The molecule has 104 valence electrons. The van der Waals surface area contributed by atoms with Crippen molar-refractivity contribution in [3.8, 4) is 0 Å². The van der Waals surface area contributed by atoms with Crippen molar-refractivity contribution >= 4 is 5.91 Å². The number of rotatable bonds is 3. The average Bonchev–Trinajstić information content (AvgIpc) is 2.47. The highest BCUT2D eigenvalue weighted by Gasteiger charge is 2.30. The summed E-state index contributed by atoms with van der Waals surface area (Å²) in [7, 11) is 1.97. The van der Waals surface area contributed by atoms with Gasteiger partial charge in [0.05, 0.1) is 0 Å². The fourth-order valence-electron chi connectivity index (χ4n) is 3.19. The molecule has 0 spiro atoms. The zero-order valence-corrected chi connectivity index (χ0v) is 11.4. The van der Waals surface area contributed by atoms with Crippen LogP contribution >= 0.6 is 0 Å². The summed E-state index contributed by atoms with van der Waals surface area (Å²) in [6.07, 6.45) is 6.26. The Labute approximate surface area is 110 Å². The third-order valence-electron chi connectivity index (χ3n) is 4.62. The summed E-state index contributed by atoms with van der Waals surface area (Å²) in [4.78, 5) is 14.4. The first kappa shape index (κ1) is 13.8. The molecule has 1 saturated heterocycles. The number of nitrogens with two attached hydrogens (primary N) is 1. The summed E-state index contributed by atoms with van der Waals surface area (Å²) in [6.45, 7) is 2.36.